The number of methoxy groups -OCH3 is 3. The Labute approximate surface area is 156 Å². The van der Waals surface area contributed by atoms with Gasteiger partial charge in [0.25, 0.3) is 5.91 Å². The Morgan fingerprint density at radius 1 is 1.00 bits per heavy atom. The molecule has 0 aliphatic carbocycles. The van der Waals surface area contributed by atoms with Gasteiger partial charge in [0.2, 0.25) is 0 Å². The van der Waals surface area contributed by atoms with E-state index in [1.807, 2.05) is 30.3 Å². The highest BCUT2D eigenvalue weighted by Gasteiger charge is 2.12. The number of fused-ring (bicyclic) bond motifs is 1. The molecule has 0 bridgehead atoms. The predicted octanol–water partition coefficient (Wildman–Crippen LogP) is 3.02. The molecule has 0 atom stereocenters. The maximum Gasteiger partial charge on any atom is 0.289 e. The molecule has 1 aromatic heterocycles. The van der Waals surface area contributed by atoms with E-state index in [9.17, 15) is 4.79 Å². The molecule has 0 aliphatic rings. The lowest BCUT2D eigenvalue weighted by molar-refractivity contribution is 0.0950. The number of carbonyl (C=O) groups excluding carboxylic acids is 1. The zero-order valence-corrected chi connectivity index (χ0v) is 15.2. The zero-order chi connectivity index (χ0) is 19.2. The average molecular weight is 365 g/mol. The smallest absolute Gasteiger partial charge is 0.289 e. The Bertz CT molecular complexity index is 976. The number of nitrogens with one attached hydrogen (secondary N) is 1. The zero-order valence-electron chi connectivity index (χ0n) is 15.2. The van der Waals surface area contributed by atoms with Crippen LogP contribution in [0.1, 0.15) is 16.1 Å². The van der Waals surface area contributed by atoms with Crippen LogP contribution in [0.5, 0.6) is 17.2 Å². The van der Waals surface area contributed by atoms with Crippen LogP contribution in [0.2, 0.25) is 0 Å². The fourth-order valence-electron chi connectivity index (χ4n) is 2.57. The van der Waals surface area contributed by atoms with Crippen LogP contribution in [0.25, 0.3) is 10.9 Å². The summed E-state index contributed by atoms with van der Waals surface area (Å²) in [5.74, 6) is 1.19. The van der Waals surface area contributed by atoms with Gasteiger partial charge in [-0.2, -0.15) is 5.10 Å². The number of hydrogen-bond acceptors (Lipinski definition) is 6. The molecule has 1 N–H and O–H groups in total. The van der Waals surface area contributed by atoms with Crippen molar-refractivity contribution in [1.82, 2.24) is 10.4 Å². The summed E-state index contributed by atoms with van der Waals surface area (Å²) in [6.07, 6.45) is 1.45. The van der Waals surface area contributed by atoms with Crippen molar-refractivity contribution in [1.29, 1.82) is 0 Å². The number of rotatable bonds is 6. The molecule has 0 aliphatic heterocycles. The first-order valence-corrected chi connectivity index (χ1v) is 8.15. The van der Waals surface area contributed by atoms with Crippen molar-refractivity contribution in [2.75, 3.05) is 21.3 Å². The lowest BCUT2D eigenvalue weighted by Crippen LogP contribution is -2.19. The number of pyridine rings is 1. The molecule has 138 valence electrons. The van der Waals surface area contributed by atoms with Gasteiger partial charge in [0.05, 0.1) is 38.6 Å². The van der Waals surface area contributed by atoms with Crippen LogP contribution in [0.15, 0.2) is 53.6 Å². The standard InChI is InChI=1S/C20H19N3O4/c1-25-14-10-18(26-2)15(19(11-14)27-3)12-21-23-20(24)17-9-8-13-6-4-5-7-16(13)22-17/h4-12H,1-3H3,(H,23,24)/b21-12+. The molecule has 27 heavy (non-hydrogen) atoms. The topological polar surface area (TPSA) is 82.0 Å². The molecule has 3 aromatic rings. The van der Waals surface area contributed by atoms with Crippen molar-refractivity contribution in [3.63, 3.8) is 0 Å². The number of hydrogen-bond donors (Lipinski definition) is 1. The summed E-state index contributed by atoms with van der Waals surface area (Å²) in [5, 5.41) is 4.97. The van der Waals surface area contributed by atoms with Gasteiger partial charge in [0.15, 0.2) is 0 Å². The van der Waals surface area contributed by atoms with E-state index < -0.39 is 5.91 Å². The summed E-state index contributed by atoms with van der Waals surface area (Å²) in [6.45, 7) is 0. The molecular formula is C20H19N3O4. The number of ether oxygens (including phenoxy) is 3. The summed E-state index contributed by atoms with van der Waals surface area (Å²) >= 11 is 0. The number of amides is 1. The Morgan fingerprint density at radius 3 is 2.37 bits per heavy atom. The number of para-hydroxylation sites is 1. The maximum atomic E-state index is 12.3. The van der Waals surface area contributed by atoms with E-state index in [-0.39, 0.29) is 5.69 Å². The number of hydrazone groups is 1. The summed E-state index contributed by atoms with van der Waals surface area (Å²) in [7, 11) is 4.62. The fraction of sp³-hybridized carbons (Fsp3) is 0.150. The third-order valence-corrected chi connectivity index (χ3v) is 3.94. The molecule has 0 unspecified atom stereocenters. The minimum atomic E-state index is -0.413. The van der Waals surface area contributed by atoms with E-state index in [4.69, 9.17) is 14.2 Å². The number of benzene rings is 2. The van der Waals surface area contributed by atoms with Crippen LogP contribution in [-0.4, -0.2) is 38.4 Å². The molecule has 1 heterocycles. The van der Waals surface area contributed by atoms with E-state index in [1.165, 1.54) is 20.4 Å². The highest BCUT2D eigenvalue weighted by molar-refractivity contribution is 5.96. The third kappa shape index (κ3) is 3.98. The minimum Gasteiger partial charge on any atom is -0.496 e. The Morgan fingerprint density at radius 2 is 1.70 bits per heavy atom. The first-order chi connectivity index (χ1) is 13.2. The molecule has 0 radical (unpaired) electrons. The van der Waals surface area contributed by atoms with Crippen molar-refractivity contribution in [2.45, 2.75) is 0 Å². The van der Waals surface area contributed by atoms with Crippen LogP contribution in [0.4, 0.5) is 0 Å². The van der Waals surface area contributed by atoms with Gasteiger partial charge in [-0.3, -0.25) is 4.79 Å². The molecule has 7 nitrogen and oxygen atoms in total. The largest absolute Gasteiger partial charge is 0.496 e. The van der Waals surface area contributed by atoms with E-state index in [0.717, 1.165) is 10.9 Å². The SMILES string of the molecule is COc1cc(OC)c(/C=N/NC(=O)c2ccc3ccccc3n2)c(OC)c1. The number of nitrogens with zero attached hydrogens (tertiary/aromatic N) is 2. The molecular weight excluding hydrogens is 346 g/mol. The van der Waals surface area contributed by atoms with Crippen LogP contribution in [0, 0.1) is 0 Å². The molecule has 7 heteroatoms. The summed E-state index contributed by atoms with van der Waals surface area (Å²) < 4.78 is 15.9. The van der Waals surface area contributed by atoms with E-state index in [1.54, 1.807) is 25.3 Å². The third-order valence-electron chi connectivity index (χ3n) is 3.94. The van der Waals surface area contributed by atoms with Gasteiger partial charge in [-0.25, -0.2) is 10.4 Å². The van der Waals surface area contributed by atoms with Gasteiger partial charge < -0.3 is 14.2 Å². The monoisotopic (exact) mass is 365 g/mol. The first-order valence-electron chi connectivity index (χ1n) is 8.15. The van der Waals surface area contributed by atoms with Crippen LogP contribution in [0.3, 0.4) is 0 Å². The van der Waals surface area contributed by atoms with Crippen LogP contribution >= 0.6 is 0 Å². The molecule has 0 saturated carbocycles. The van der Waals surface area contributed by atoms with Gasteiger partial charge in [-0.1, -0.05) is 24.3 Å². The molecule has 1 amide bonds. The van der Waals surface area contributed by atoms with Gasteiger partial charge >= 0.3 is 0 Å². The predicted molar refractivity (Wildman–Crippen MR) is 103 cm³/mol. The summed E-state index contributed by atoms with van der Waals surface area (Å²) in [4.78, 5) is 16.7. The lowest BCUT2D eigenvalue weighted by Gasteiger charge is -2.12. The Hall–Kier alpha value is -3.61. The Kier molecular flexibility index (Phi) is 5.51. The molecule has 2 aromatic carbocycles. The van der Waals surface area contributed by atoms with Crippen molar-refractivity contribution in [2.24, 2.45) is 5.10 Å². The molecule has 0 fully saturated rings. The quantitative estimate of drug-likeness (QED) is 0.536. The Balaban J connectivity index is 1.81. The molecule has 3 rings (SSSR count). The summed E-state index contributed by atoms with van der Waals surface area (Å²) in [5.41, 5.74) is 4.07. The first kappa shape index (κ1) is 18.2. The second-order valence-electron chi connectivity index (χ2n) is 5.53. The van der Waals surface area contributed by atoms with Gasteiger partial charge in [-0.05, 0) is 12.1 Å². The van der Waals surface area contributed by atoms with Gasteiger partial charge in [0.1, 0.15) is 22.9 Å². The fourth-order valence-corrected chi connectivity index (χ4v) is 2.57. The highest BCUT2D eigenvalue weighted by Crippen LogP contribution is 2.32. The second kappa shape index (κ2) is 8.18. The van der Waals surface area contributed by atoms with E-state index in [0.29, 0.717) is 22.8 Å². The number of aromatic nitrogens is 1. The molecule has 0 saturated heterocycles. The van der Waals surface area contributed by atoms with Crippen LogP contribution in [-0.2, 0) is 0 Å². The van der Waals surface area contributed by atoms with Gasteiger partial charge in [-0.15, -0.1) is 0 Å². The maximum absolute atomic E-state index is 12.3. The van der Waals surface area contributed by atoms with Crippen LogP contribution < -0.4 is 19.6 Å². The molecule has 0 spiro atoms. The lowest BCUT2D eigenvalue weighted by atomic mass is 10.2. The van der Waals surface area contributed by atoms with Crippen molar-refractivity contribution in [3.8, 4) is 17.2 Å². The van der Waals surface area contributed by atoms with E-state index >= 15 is 0 Å². The second-order valence-corrected chi connectivity index (χ2v) is 5.53. The summed E-state index contributed by atoms with van der Waals surface area (Å²) in [6, 6.07) is 14.5. The minimum absolute atomic E-state index is 0.277. The van der Waals surface area contributed by atoms with Crippen molar-refractivity contribution >= 4 is 23.0 Å². The van der Waals surface area contributed by atoms with E-state index in [2.05, 4.69) is 15.5 Å². The van der Waals surface area contributed by atoms with Gasteiger partial charge in [0, 0.05) is 17.5 Å². The average Bonchev–Trinajstić information content (AvgIpc) is 2.72. The number of carbonyl (C=O) groups is 1. The van der Waals surface area contributed by atoms with Crippen molar-refractivity contribution in [3.05, 3.63) is 59.8 Å². The van der Waals surface area contributed by atoms with Crippen molar-refractivity contribution < 1.29 is 19.0 Å². The highest BCUT2D eigenvalue weighted by atomic mass is 16.5. The normalized spacial score (nSPS) is 10.8.